The molecule has 0 unspecified atom stereocenters. The van der Waals surface area contributed by atoms with Crippen molar-refractivity contribution in [1.82, 2.24) is 10.2 Å². The van der Waals surface area contributed by atoms with Gasteiger partial charge in [-0.1, -0.05) is 0 Å². The molecule has 0 aliphatic carbocycles. The number of nitrogens with two attached hydrogens (primary N) is 2. The predicted molar refractivity (Wildman–Crippen MR) is 60.6 cm³/mol. The van der Waals surface area contributed by atoms with Crippen molar-refractivity contribution in [2.75, 3.05) is 13.1 Å². The Morgan fingerprint density at radius 1 is 1.25 bits per heavy atom. The number of likely N-dealkylation sites (tertiary alicyclic amines) is 1. The monoisotopic (exact) mass is 228 g/mol. The van der Waals surface area contributed by atoms with Gasteiger partial charge >= 0.3 is 6.03 Å². The summed E-state index contributed by atoms with van der Waals surface area (Å²) in [5, 5.41) is 3.20. The Balaban J connectivity index is 2.43. The van der Waals surface area contributed by atoms with E-state index in [9.17, 15) is 9.59 Å². The van der Waals surface area contributed by atoms with Crippen LogP contribution in [-0.4, -0.2) is 41.5 Å². The van der Waals surface area contributed by atoms with Crippen LogP contribution in [-0.2, 0) is 4.79 Å². The summed E-state index contributed by atoms with van der Waals surface area (Å²) in [6.07, 6.45) is 1.58. The normalized spacial score (nSPS) is 18.5. The Kier molecular flexibility index (Phi) is 3.74. The van der Waals surface area contributed by atoms with Gasteiger partial charge in [0, 0.05) is 19.1 Å². The van der Waals surface area contributed by atoms with Crippen LogP contribution in [0.2, 0.25) is 0 Å². The van der Waals surface area contributed by atoms with Crippen molar-refractivity contribution in [3.63, 3.8) is 0 Å². The minimum atomic E-state index is -0.709. The number of urea groups is 1. The molecule has 0 spiro atoms. The van der Waals surface area contributed by atoms with Gasteiger partial charge in [-0.2, -0.15) is 0 Å². The first-order valence-electron chi connectivity index (χ1n) is 5.45. The summed E-state index contributed by atoms with van der Waals surface area (Å²) in [5.74, 6) is -0.371. The van der Waals surface area contributed by atoms with Crippen molar-refractivity contribution < 1.29 is 9.59 Å². The van der Waals surface area contributed by atoms with Gasteiger partial charge in [0.1, 0.15) is 0 Å². The molecule has 3 amide bonds. The summed E-state index contributed by atoms with van der Waals surface area (Å²) in [6, 6.07) is -0.175. The van der Waals surface area contributed by atoms with Gasteiger partial charge in [0.25, 0.3) is 0 Å². The van der Waals surface area contributed by atoms with Gasteiger partial charge in [0.05, 0.1) is 5.54 Å². The van der Waals surface area contributed by atoms with Gasteiger partial charge in [-0.3, -0.25) is 4.79 Å². The molecule has 16 heavy (non-hydrogen) atoms. The zero-order chi connectivity index (χ0) is 12.3. The molecule has 1 fully saturated rings. The van der Waals surface area contributed by atoms with Crippen LogP contribution in [0.3, 0.4) is 0 Å². The summed E-state index contributed by atoms with van der Waals surface area (Å²) < 4.78 is 0. The third kappa shape index (κ3) is 3.10. The van der Waals surface area contributed by atoms with Crippen molar-refractivity contribution in [2.45, 2.75) is 38.3 Å². The number of carbonyl (C=O) groups is 2. The Hall–Kier alpha value is -1.30. The van der Waals surface area contributed by atoms with Crippen molar-refractivity contribution in [1.29, 1.82) is 0 Å². The SMILES string of the molecule is CC(C)(NC1CCN(C(N)=O)CC1)C(N)=O. The van der Waals surface area contributed by atoms with E-state index in [0.29, 0.717) is 13.1 Å². The molecule has 0 radical (unpaired) electrons. The molecule has 0 aromatic rings. The minimum Gasteiger partial charge on any atom is -0.368 e. The van der Waals surface area contributed by atoms with Crippen LogP contribution in [0.25, 0.3) is 0 Å². The van der Waals surface area contributed by atoms with Gasteiger partial charge in [0.2, 0.25) is 5.91 Å². The van der Waals surface area contributed by atoms with Crippen LogP contribution in [0.1, 0.15) is 26.7 Å². The molecule has 1 aliphatic heterocycles. The number of hydrogen-bond donors (Lipinski definition) is 3. The van der Waals surface area contributed by atoms with Crippen molar-refractivity contribution in [3.8, 4) is 0 Å². The third-order valence-electron chi connectivity index (χ3n) is 2.99. The summed E-state index contributed by atoms with van der Waals surface area (Å²) in [4.78, 5) is 23.7. The lowest BCUT2D eigenvalue weighted by Gasteiger charge is -2.35. The molecule has 5 N–H and O–H groups in total. The van der Waals surface area contributed by atoms with Crippen molar-refractivity contribution in [3.05, 3.63) is 0 Å². The van der Waals surface area contributed by atoms with E-state index in [2.05, 4.69) is 5.32 Å². The first kappa shape index (κ1) is 12.8. The van der Waals surface area contributed by atoms with Gasteiger partial charge in [0.15, 0.2) is 0 Å². The standard InChI is InChI=1S/C10H20N4O2/c1-10(2,8(11)15)13-7-3-5-14(6-4-7)9(12)16/h7,13H,3-6H2,1-2H3,(H2,11,15)(H2,12,16). The number of piperidine rings is 1. The molecule has 0 aromatic carbocycles. The molecule has 6 nitrogen and oxygen atoms in total. The molecule has 92 valence electrons. The lowest BCUT2D eigenvalue weighted by atomic mass is 9.98. The molecule has 0 aromatic heterocycles. The summed E-state index contributed by atoms with van der Waals surface area (Å²) in [7, 11) is 0. The van der Waals surface area contributed by atoms with Gasteiger partial charge < -0.3 is 21.7 Å². The minimum absolute atomic E-state index is 0.207. The fraction of sp³-hybridized carbons (Fsp3) is 0.800. The van der Waals surface area contributed by atoms with Crippen molar-refractivity contribution in [2.24, 2.45) is 11.5 Å². The van der Waals surface area contributed by atoms with Crippen LogP contribution in [0.15, 0.2) is 0 Å². The van der Waals surface area contributed by atoms with Gasteiger partial charge in [-0.15, -0.1) is 0 Å². The first-order valence-corrected chi connectivity index (χ1v) is 5.45. The summed E-state index contributed by atoms with van der Waals surface area (Å²) in [5.41, 5.74) is 9.75. The molecule has 0 atom stereocenters. The number of rotatable bonds is 3. The molecule has 0 bridgehead atoms. The van der Waals surface area contributed by atoms with E-state index >= 15 is 0 Å². The highest BCUT2D eigenvalue weighted by atomic mass is 16.2. The Morgan fingerprint density at radius 2 is 1.75 bits per heavy atom. The molecule has 1 rings (SSSR count). The average molecular weight is 228 g/mol. The van der Waals surface area contributed by atoms with Crippen LogP contribution < -0.4 is 16.8 Å². The zero-order valence-electron chi connectivity index (χ0n) is 9.82. The highest BCUT2D eigenvalue weighted by Gasteiger charge is 2.30. The smallest absolute Gasteiger partial charge is 0.314 e. The number of carbonyl (C=O) groups excluding carboxylic acids is 2. The Bertz CT molecular complexity index is 283. The lowest BCUT2D eigenvalue weighted by Crippen LogP contribution is -2.57. The molecular formula is C10H20N4O2. The number of primary amides is 2. The Morgan fingerprint density at radius 3 is 2.12 bits per heavy atom. The second-order valence-corrected chi connectivity index (χ2v) is 4.73. The van der Waals surface area contributed by atoms with E-state index in [-0.39, 0.29) is 18.0 Å². The molecule has 0 saturated carbocycles. The number of nitrogens with one attached hydrogen (secondary N) is 1. The van der Waals surface area contributed by atoms with Crippen LogP contribution >= 0.6 is 0 Å². The maximum Gasteiger partial charge on any atom is 0.314 e. The van der Waals surface area contributed by atoms with E-state index in [4.69, 9.17) is 11.5 Å². The van der Waals surface area contributed by atoms with E-state index in [1.165, 1.54) is 0 Å². The van der Waals surface area contributed by atoms with E-state index in [1.54, 1.807) is 18.7 Å². The first-order chi connectivity index (χ1) is 7.33. The fourth-order valence-corrected chi connectivity index (χ4v) is 1.83. The molecule has 1 heterocycles. The maximum absolute atomic E-state index is 11.1. The molecule has 1 saturated heterocycles. The maximum atomic E-state index is 11.1. The van der Waals surface area contributed by atoms with Crippen molar-refractivity contribution >= 4 is 11.9 Å². The molecule has 6 heteroatoms. The van der Waals surface area contributed by atoms with Crippen LogP contribution in [0.5, 0.6) is 0 Å². The summed E-state index contributed by atoms with van der Waals surface area (Å²) in [6.45, 7) is 4.77. The van der Waals surface area contributed by atoms with Crippen LogP contribution in [0, 0.1) is 0 Å². The van der Waals surface area contributed by atoms with Gasteiger partial charge in [-0.05, 0) is 26.7 Å². The number of hydrogen-bond acceptors (Lipinski definition) is 3. The average Bonchev–Trinajstić information content (AvgIpc) is 2.17. The van der Waals surface area contributed by atoms with Crippen LogP contribution in [0.4, 0.5) is 4.79 Å². The third-order valence-corrected chi connectivity index (χ3v) is 2.99. The second-order valence-electron chi connectivity index (χ2n) is 4.73. The Labute approximate surface area is 95.3 Å². The zero-order valence-corrected chi connectivity index (χ0v) is 9.82. The highest BCUT2D eigenvalue weighted by Crippen LogP contribution is 2.13. The van der Waals surface area contributed by atoms with Gasteiger partial charge in [-0.25, -0.2) is 4.79 Å². The largest absolute Gasteiger partial charge is 0.368 e. The lowest BCUT2D eigenvalue weighted by molar-refractivity contribution is -0.123. The second kappa shape index (κ2) is 4.69. The summed E-state index contributed by atoms with van der Waals surface area (Å²) >= 11 is 0. The number of nitrogens with zero attached hydrogens (tertiary/aromatic N) is 1. The molecule has 1 aliphatic rings. The highest BCUT2D eigenvalue weighted by molar-refractivity contribution is 5.83. The predicted octanol–water partition coefficient (Wildman–Crippen LogP) is -0.617. The van der Waals surface area contributed by atoms with E-state index in [0.717, 1.165) is 12.8 Å². The fourth-order valence-electron chi connectivity index (χ4n) is 1.83. The van der Waals surface area contributed by atoms with E-state index < -0.39 is 5.54 Å². The van der Waals surface area contributed by atoms with E-state index in [1.807, 2.05) is 0 Å². The quantitative estimate of drug-likeness (QED) is 0.600. The number of amides is 3. The molecular weight excluding hydrogens is 208 g/mol. The topological polar surface area (TPSA) is 101 Å².